The first-order valence-corrected chi connectivity index (χ1v) is 7.96. The van der Waals surface area contributed by atoms with Crippen LogP contribution in [0.4, 0.5) is 0 Å². The highest BCUT2D eigenvalue weighted by Gasteiger charge is 2.31. The highest BCUT2D eigenvalue weighted by atomic mass is 127. The number of benzene rings is 1. The molecule has 1 unspecified atom stereocenters. The molecule has 0 N–H and O–H groups in total. The Balaban J connectivity index is 2.19. The molecule has 3 nitrogen and oxygen atoms in total. The SMILES string of the molecule is CC(C)(OC(=O)C(I)CI)c1cc2ccc1o2. The average molecular weight is 458 g/mol. The van der Waals surface area contributed by atoms with Gasteiger partial charge in [-0.05, 0) is 32.0 Å². The van der Waals surface area contributed by atoms with Gasteiger partial charge in [0.25, 0.3) is 0 Å². The van der Waals surface area contributed by atoms with Crippen molar-refractivity contribution in [2.45, 2.75) is 23.4 Å². The van der Waals surface area contributed by atoms with Crippen LogP contribution in [0.25, 0.3) is 11.2 Å². The molecule has 0 radical (unpaired) electrons. The van der Waals surface area contributed by atoms with Crippen LogP contribution in [-0.4, -0.2) is 14.3 Å². The first-order valence-electron chi connectivity index (χ1n) is 5.19. The van der Waals surface area contributed by atoms with Crippen LogP contribution in [0.15, 0.2) is 22.6 Å². The summed E-state index contributed by atoms with van der Waals surface area (Å²) in [6.45, 7) is 3.78. The van der Waals surface area contributed by atoms with Gasteiger partial charge in [0.05, 0.1) is 0 Å². The zero-order chi connectivity index (χ0) is 12.6. The van der Waals surface area contributed by atoms with Gasteiger partial charge in [-0.25, -0.2) is 0 Å². The number of alkyl halides is 2. The lowest BCUT2D eigenvalue weighted by Crippen LogP contribution is -2.30. The predicted molar refractivity (Wildman–Crippen MR) is 83.2 cm³/mol. The molecular formula is C12H12I2O3. The maximum atomic E-state index is 11.8. The van der Waals surface area contributed by atoms with Gasteiger partial charge in [-0.2, -0.15) is 0 Å². The molecule has 0 aliphatic rings. The minimum Gasteiger partial charge on any atom is -0.457 e. The van der Waals surface area contributed by atoms with Crippen LogP contribution in [-0.2, 0) is 15.1 Å². The second-order valence-electron chi connectivity index (χ2n) is 4.31. The third kappa shape index (κ3) is 2.69. The van der Waals surface area contributed by atoms with Gasteiger partial charge in [0.2, 0.25) is 0 Å². The van der Waals surface area contributed by atoms with Crippen molar-refractivity contribution in [2.75, 3.05) is 4.43 Å². The van der Waals surface area contributed by atoms with Crippen molar-refractivity contribution in [2.24, 2.45) is 0 Å². The van der Waals surface area contributed by atoms with Crippen molar-refractivity contribution in [3.05, 3.63) is 23.8 Å². The summed E-state index contributed by atoms with van der Waals surface area (Å²) in [5.41, 5.74) is 1.89. The van der Waals surface area contributed by atoms with Crippen molar-refractivity contribution >= 4 is 62.3 Å². The Labute approximate surface area is 127 Å². The lowest BCUT2D eigenvalue weighted by atomic mass is 9.98. The molecule has 2 aromatic heterocycles. The van der Waals surface area contributed by atoms with E-state index >= 15 is 0 Å². The van der Waals surface area contributed by atoms with E-state index in [1.807, 2.05) is 32.0 Å². The maximum absolute atomic E-state index is 11.8. The fraction of sp³-hybridized carbons (Fsp3) is 0.417. The van der Waals surface area contributed by atoms with E-state index in [2.05, 4.69) is 45.2 Å². The Morgan fingerprint density at radius 3 is 2.71 bits per heavy atom. The molecule has 2 rings (SSSR count). The van der Waals surface area contributed by atoms with Crippen LogP contribution in [0, 0.1) is 0 Å². The van der Waals surface area contributed by atoms with Crippen molar-refractivity contribution in [3.8, 4) is 0 Å². The van der Waals surface area contributed by atoms with Crippen LogP contribution < -0.4 is 0 Å². The number of carbonyl (C=O) groups is 1. The summed E-state index contributed by atoms with van der Waals surface area (Å²) >= 11 is 4.28. The summed E-state index contributed by atoms with van der Waals surface area (Å²) in [5, 5.41) is 0. The van der Waals surface area contributed by atoms with Gasteiger partial charge in [-0.3, -0.25) is 4.79 Å². The maximum Gasteiger partial charge on any atom is 0.320 e. The quantitative estimate of drug-likeness (QED) is 0.397. The third-order valence-electron chi connectivity index (χ3n) is 2.57. The fourth-order valence-corrected chi connectivity index (χ4v) is 2.18. The molecule has 5 heteroatoms. The van der Waals surface area contributed by atoms with Crippen molar-refractivity contribution < 1.29 is 13.9 Å². The van der Waals surface area contributed by atoms with Crippen LogP contribution in [0.1, 0.15) is 19.4 Å². The molecule has 0 aromatic carbocycles. The van der Waals surface area contributed by atoms with E-state index in [1.165, 1.54) is 0 Å². The van der Waals surface area contributed by atoms with E-state index in [0.717, 1.165) is 21.2 Å². The Morgan fingerprint density at radius 2 is 2.24 bits per heavy atom. The van der Waals surface area contributed by atoms with Crippen LogP contribution >= 0.6 is 45.2 Å². The number of esters is 1. The number of hydrogen-bond acceptors (Lipinski definition) is 3. The number of furan rings is 2. The molecular weight excluding hydrogens is 446 g/mol. The van der Waals surface area contributed by atoms with Crippen LogP contribution in [0.3, 0.4) is 0 Å². The standard InChI is InChI=1S/C12H12I2O3/c1-12(2,17-11(15)9(14)6-13)8-5-7-3-4-10(8)16-7/h3-5,9H,6H2,1-2H3. The van der Waals surface area contributed by atoms with E-state index in [0.29, 0.717) is 0 Å². The summed E-state index contributed by atoms with van der Waals surface area (Å²) in [6.07, 6.45) is 0. The zero-order valence-corrected chi connectivity index (χ0v) is 13.8. The average Bonchev–Trinajstić information content (AvgIpc) is 2.89. The lowest BCUT2D eigenvalue weighted by Gasteiger charge is -2.25. The van der Waals surface area contributed by atoms with Gasteiger partial charge in [0.1, 0.15) is 20.7 Å². The van der Waals surface area contributed by atoms with Crippen LogP contribution in [0.5, 0.6) is 0 Å². The highest BCUT2D eigenvalue weighted by molar-refractivity contribution is 14.1. The first-order chi connectivity index (χ1) is 7.94. The summed E-state index contributed by atoms with van der Waals surface area (Å²) in [7, 11) is 0. The molecule has 0 aliphatic heterocycles. The smallest absolute Gasteiger partial charge is 0.320 e. The number of rotatable bonds is 4. The van der Waals surface area contributed by atoms with Gasteiger partial charge < -0.3 is 9.15 Å². The Bertz CT molecular complexity index is 518. The summed E-state index contributed by atoms with van der Waals surface area (Å²) < 4.78 is 11.7. The Hall–Kier alpha value is -0.0500. The third-order valence-corrected chi connectivity index (χ3v) is 6.09. The van der Waals surface area contributed by atoms with Crippen molar-refractivity contribution in [1.29, 1.82) is 0 Å². The van der Waals surface area contributed by atoms with Gasteiger partial charge in [-0.15, -0.1) is 0 Å². The van der Waals surface area contributed by atoms with Crippen LogP contribution in [0.2, 0.25) is 0 Å². The summed E-state index contributed by atoms with van der Waals surface area (Å²) in [5.74, 6) is -0.178. The molecule has 92 valence electrons. The van der Waals surface area contributed by atoms with Gasteiger partial charge >= 0.3 is 5.97 Å². The minimum atomic E-state index is -0.645. The van der Waals surface area contributed by atoms with E-state index in [4.69, 9.17) is 9.15 Å². The van der Waals surface area contributed by atoms with Gasteiger partial charge in [0, 0.05) is 9.99 Å². The van der Waals surface area contributed by atoms with E-state index in [9.17, 15) is 4.79 Å². The normalized spacial score (nSPS) is 14.1. The van der Waals surface area contributed by atoms with Crippen molar-refractivity contribution in [3.63, 3.8) is 0 Å². The predicted octanol–water partition coefficient (Wildman–Crippen LogP) is 3.89. The van der Waals surface area contributed by atoms with Gasteiger partial charge in [-0.1, -0.05) is 45.2 Å². The summed E-state index contributed by atoms with van der Waals surface area (Å²) in [4.78, 5) is 11.8. The van der Waals surface area contributed by atoms with E-state index in [1.54, 1.807) is 0 Å². The Morgan fingerprint density at radius 1 is 1.53 bits per heavy atom. The van der Waals surface area contributed by atoms with E-state index < -0.39 is 5.60 Å². The second-order valence-corrected chi connectivity index (χ2v) is 6.70. The molecule has 2 bridgehead atoms. The number of carbonyl (C=O) groups excluding carboxylic acids is 1. The molecule has 0 saturated carbocycles. The number of hydrogen-bond donors (Lipinski definition) is 0. The molecule has 17 heavy (non-hydrogen) atoms. The minimum absolute atomic E-state index is 0.110. The molecule has 0 amide bonds. The molecule has 2 heterocycles. The second kappa shape index (κ2) is 4.91. The van der Waals surface area contributed by atoms with E-state index in [-0.39, 0.29) is 9.89 Å². The monoisotopic (exact) mass is 458 g/mol. The molecule has 0 saturated heterocycles. The number of halogens is 2. The summed E-state index contributed by atoms with van der Waals surface area (Å²) in [6, 6.07) is 5.73. The molecule has 0 aliphatic carbocycles. The zero-order valence-electron chi connectivity index (χ0n) is 9.50. The molecule has 1 atom stereocenters. The fourth-order valence-electron chi connectivity index (χ4n) is 1.69. The highest BCUT2D eigenvalue weighted by Crippen LogP contribution is 2.34. The number of ether oxygens (including phenoxy) is 1. The van der Waals surface area contributed by atoms with Crippen molar-refractivity contribution in [1.82, 2.24) is 0 Å². The number of fused-ring (bicyclic) bond motifs is 2. The lowest BCUT2D eigenvalue weighted by molar-refractivity contribution is -0.155. The topological polar surface area (TPSA) is 39.4 Å². The molecule has 0 spiro atoms. The first kappa shape index (κ1) is 13.4. The molecule has 2 aromatic rings. The molecule has 0 fully saturated rings. The van der Waals surface area contributed by atoms with Gasteiger partial charge in [0.15, 0.2) is 0 Å². The Kier molecular flexibility index (Phi) is 3.86. The largest absolute Gasteiger partial charge is 0.457 e.